The second-order valence-electron chi connectivity index (χ2n) is 20.2. The predicted molar refractivity (Wildman–Crippen MR) is 327 cm³/mol. The quantitative estimate of drug-likeness (QED) is 0.117. The molecule has 1 heterocycles. The molecule has 0 amide bonds. The third-order valence-corrected chi connectivity index (χ3v) is 15.8. The molecule has 1 aromatic heterocycles. The number of benzene rings is 10. The molecule has 1 unspecified atom stereocenters. The van der Waals surface area contributed by atoms with Crippen molar-refractivity contribution in [1.29, 1.82) is 0 Å². The lowest BCUT2D eigenvalue weighted by atomic mass is 9.86. The van der Waals surface area contributed by atoms with Crippen LogP contribution in [0.3, 0.4) is 0 Å². The van der Waals surface area contributed by atoms with E-state index in [1.807, 2.05) is 13.8 Å². The van der Waals surface area contributed by atoms with E-state index in [0.717, 1.165) is 36.3 Å². The molecular formula is C74H64N2. The highest BCUT2D eigenvalue weighted by atomic mass is 15.1. The summed E-state index contributed by atoms with van der Waals surface area (Å²) in [4.78, 5) is 2.43. The van der Waals surface area contributed by atoms with Crippen LogP contribution in [-0.4, -0.2) is 4.57 Å². The molecule has 0 fully saturated rings. The van der Waals surface area contributed by atoms with Crippen molar-refractivity contribution in [2.45, 2.75) is 66.7 Å². The van der Waals surface area contributed by atoms with Crippen LogP contribution in [0, 0.1) is 6.92 Å². The van der Waals surface area contributed by atoms with Crippen LogP contribution in [0.5, 0.6) is 0 Å². The summed E-state index contributed by atoms with van der Waals surface area (Å²) in [5.74, 6) is 0.270. The van der Waals surface area contributed by atoms with Crippen molar-refractivity contribution < 1.29 is 0 Å². The predicted octanol–water partition coefficient (Wildman–Crippen LogP) is 21.2. The van der Waals surface area contributed by atoms with Gasteiger partial charge in [0.25, 0.3) is 0 Å². The number of anilines is 3. The van der Waals surface area contributed by atoms with Crippen LogP contribution in [0.1, 0.15) is 81.2 Å². The Labute approximate surface area is 449 Å². The van der Waals surface area contributed by atoms with Gasteiger partial charge in [-0.05, 0) is 175 Å². The van der Waals surface area contributed by atoms with Crippen molar-refractivity contribution in [3.8, 4) is 66.8 Å². The molecule has 76 heavy (non-hydrogen) atoms. The van der Waals surface area contributed by atoms with Gasteiger partial charge in [-0.25, -0.2) is 0 Å². The Kier molecular flexibility index (Phi) is 13.0. The third-order valence-electron chi connectivity index (χ3n) is 15.8. The van der Waals surface area contributed by atoms with Crippen molar-refractivity contribution in [3.05, 3.63) is 264 Å². The Morgan fingerprint density at radius 2 is 0.987 bits per heavy atom. The summed E-state index contributed by atoms with van der Waals surface area (Å²) in [6.45, 7) is 13.1. The Bertz CT molecular complexity index is 4010. The van der Waals surface area contributed by atoms with E-state index in [-0.39, 0.29) is 5.92 Å². The van der Waals surface area contributed by atoms with E-state index >= 15 is 0 Å². The second kappa shape index (κ2) is 20.5. The summed E-state index contributed by atoms with van der Waals surface area (Å²) < 4.78 is 2.45. The number of fused-ring (bicyclic) bond motifs is 9. The van der Waals surface area contributed by atoms with Gasteiger partial charge in [0.1, 0.15) is 0 Å². The monoisotopic (exact) mass is 981 g/mol. The number of rotatable bonds is 11. The molecule has 0 bridgehead atoms. The average Bonchev–Trinajstić information content (AvgIpc) is 4.22. The topological polar surface area (TPSA) is 8.17 Å². The molecule has 0 aliphatic heterocycles. The molecular weight excluding hydrogens is 917 g/mol. The molecule has 0 saturated heterocycles. The van der Waals surface area contributed by atoms with Crippen LogP contribution in [-0.2, 0) is 6.42 Å². The van der Waals surface area contributed by atoms with Gasteiger partial charge in [-0.2, -0.15) is 0 Å². The lowest BCUT2D eigenvalue weighted by Crippen LogP contribution is -2.10. The van der Waals surface area contributed by atoms with Crippen molar-refractivity contribution in [1.82, 2.24) is 4.57 Å². The fourth-order valence-electron chi connectivity index (χ4n) is 12.4. The van der Waals surface area contributed by atoms with E-state index in [1.165, 1.54) is 122 Å². The van der Waals surface area contributed by atoms with E-state index < -0.39 is 0 Å². The minimum Gasteiger partial charge on any atom is -0.310 e. The lowest BCUT2D eigenvalue weighted by molar-refractivity contribution is 0.960. The van der Waals surface area contributed by atoms with Crippen LogP contribution in [0.2, 0.25) is 0 Å². The first-order chi connectivity index (χ1) is 37.5. The maximum absolute atomic E-state index is 2.47. The number of nitrogens with zero attached hydrogens (tertiary/aromatic N) is 2. The van der Waals surface area contributed by atoms with E-state index in [0.29, 0.717) is 0 Å². The average molecular weight is 981 g/mol. The summed E-state index contributed by atoms with van der Waals surface area (Å²) in [6, 6.07) is 81.6. The number of para-hydroxylation sites is 1. The Morgan fingerprint density at radius 1 is 0.461 bits per heavy atom. The number of aromatic nitrogens is 1. The lowest BCUT2D eigenvalue weighted by Gasteiger charge is -2.26. The van der Waals surface area contributed by atoms with Crippen LogP contribution in [0.15, 0.2) is 237 Å². The van der Waals surface area contributed by atoms with E-state index in [4.69, 9.17) is 0 Å². The highest BCUT2D eigenvalue weighted by molar-refractivity contribution is 6.16. The van der Waals surface area contributed by atoms with Gasteiger partial charge in [-0.1, -0.05) is 217 Å². The summed E-state index contributed by atoms with van der Waals surface area (Å²) in [6.07, 6.45) is 9.72. The van der Waals surface area contributed by atoms with Gasteiger partial charge in [-0.3, -0.25) is 0 Å². The highest BCUT2D eigenvalue weighted by Crippen LogP contribution is 2.53. The minimum absolute atomic E-state index is 0.270. The molecule has 0 N–H and O–H groups in total. The summed E-state index contributed by atoms with van der Waals surface area (Å²) in [7, 11) is 0. The van der Waals surface area contributed by atoms with Crippen LogP contribution >= 0.6 is 0 Å². The van der Waals surface area contributed by atoms with E-state index in [1.54, 1.807) is 0 Å². The molecule has 11 aromatic rings. The molecule has 2 aliphatic carbocycles. The first kappa shape index (κ1) is 48.2. The van der Waals surface area contributed by atoms with Gasteiger partial charge in [0.15, 0.2) is 0 Å². The SMILES string of the molecule is CC.CC/C=C\C(=C/CC)n1c2ccccc2c2c(-c3ccc(N(c4ccc(-c5ccccc5)cc4)c4ccc5c(c4)Cc4cc(-c6cccc7c6C(C)c6c(-c8ccccc8C)cccc6-7)ccc4-5)cc3)cccc21. The zero-order valence-electron chi connectivity index (χ0n) is 44.6. The first-order valence-corrected chi connectivity index (χ1v) is 27.5. The minimum atomic E-state index is 0.270. The Balaban J connectivity index is 0.00000288. The molecule has 370 valence electrons. The van der Waals surface area contributed by atoms with E-state index in [9.17, 15) is 0 Å². The third kappa shape index (κ3) is 8.30. The second-order valence-corrected chi connectivity index (χ2v) is 20.2. The first-order valence-electron chi connectivity index (χ1n) is 27.5. The van der Waals surface area contributed by atoms with Crippen molar-refractivity contribution in [3.63, 3.8) is 0 Å². The molecule has 2 heteroatoms. The normalized spacial score (nSPS) is 13.3. The number of hydrogen-bond donors (Lipinski definition) is 0. The number of allylic oxidation sites excluding steroid dienone is 4. The van der Waals surface area contributed by atoms with Crippen LogP contribution < -0.4 is 4.90 Å². The Hall–Kier alpha value is -8.72. The zero-order valence-corrected chi connectivity index (χ0v) is 44.6. The van der Waals surface area contributed by atoms with Crippen LogP contribution in [0.25, 0.3) is 94.3 Å². The maximum Gasteiger partial charge on any atom is 0.0547 e. The molecule has 0 saturated carbocycles. The molecule has 2 nitrogen and oxygen atoms in total. The fraction of sp³-hybridized carbons (Fsp3) is 0.135. The van der Waals surface area contributed by atoms with Crippen molar-refractivity contribution in [2.24, 2.45) is 0 Å². The van der Waals surface area contributed by atoms with Crippen molar-refractivity contribution >= 4 is 44.6 Å². The van der Waals surface area contributed by atoms with Crippen molar-refractivity contribution in [2.75, 3.05) is 4.90 Å². The van der Waals surface area contributed by atoms with E-state index in [2.05, 4.69) is 274 Å². The van der Waals surface area contributed by atoms with Gasteiger partial charge >= 0.3 is 0 Å². The molecule has 2 aliphatic rings. The largest absolute Gasteiger partial charge is 0.310 e. The molecule has 0 radical (unpaired) electrons. The Morgan fingerprint density at radius 3 is 1.70 bits per heavy atom. The van der Waals surface area contributed by atoms with Gasteiger partial charge in [0.05, 0.1) is 11.0 Å². The van der Waals surface area contributed by atoms with Gasteiger partial charge < -0.3 is 9.47 Å². The van der Waals surface area contributed by atoms with Crippen LogP contribution in [0.4, 0.5) is 17.1 Å². The van der Waals surface area contributed by atoms with Gasteiger partial charge in [0, 0.05) is 39.4 Å². The summed E-state index contributed by atoms with van der Waals surface area (Å²) in [5, 5.41) is 2.54. The summed E-state index contributed by atoms with van der Waals surface area (Å²) >= 11 is 0. The smallest absolute Gasteiger partial charge is 0.0547 e. The molecule has 10 aromatic carbocycles. The summed E-state index contributed by atoms with van der Waals surface area (Å²) in [5.41, 5.74) is 29.5. The molecule has 13 rings (SSSR count). The number of hydrogen-bond acceptors (Lipinski definition) is 1. The maximum atomic E-state index is 2.47. The number of aryl methyl sites for hydroxylation is 1. The zero-order chi connectivity index (χ0) is 51.9. The molecule has 0 spiro atoms. The highest BCUT2D eigenvalue weighted by Gasteiger charge is 2.32. The fourth-order valence-corrected chi connectivity index (χ4v) is 12.4. The van der Waals surface area contributed by atoms with Gasteiger partial charge in [-0.15, -0.1) is 0 Å². The van der Waals surface area contributed by atoms with Gasteiger partial charge in [0.2, 0.25) is 0 Å². The standard InChI is InChI=1S/C72H58N2.C2H6/c1-5-7-22-55(18-6-2)74-68-30-14-13-24-67(68)72-62(26-17-31-69(72)74)51-34-39-57(40-35-51)73(56-37-32-50(33-38-56)49-20-9-8-10-21-49)58-41-43-61-54(46-58)45-53-44-52(36-42-60(53)61)63-25-15-28-65-66-29-16-27-64(71(66)48(4)70(63)65)59-23-12-11-19-47(59)3;1-2/h7-44,46,48H,5-6,45H2,1-4H3;1-2H3/b22-7-,55-18+;. The molecule has 1 atom stereocenters.